The molecule has 1 aromatic carbocycles. The minimum Gasteiger partial charge on any atom is -0.484 e. The monoisotopic (exact) mass is 276 g/mol. The Hall–Kier alpha value is -1.26. The second kappa shape index (κ2) is 5.26. The van der Waals surface area contributed by atoms with Crippen molar-refractivity contribution in [3.8, 4) is 5.75 Å². The van der Waals surface area contributed by atoms with Crippen LogP contribution in [0.4, 0.5) is 5.69 Å². The maximum atomic E-state index is 10.5. The molecule has 4 heteroatoms. The van der Waals surface area contributed by atoms with Crippen molar-refractivity contribution in [3.05, 3.63) is 23.8 Å². The van der Waals surface area contributed by atoms with Crippen LogP contribution in [0.1, 0.15) is 44.8 Å². The molecule has 1 aromatic rings. The topological polar surface area (TPSA) is 53.5 Å². The van der Waals surface area contributed by atoms with Gasteiger partial charge in [0.1, 0.15) is 11.4 Å². The Kier molecular flexibility index (Phi) is 3.61. The van der Waals surface area contributed by atoms with Gasteiger partial charge in [0.2, 0.25) is 0 Å². The van der Waals surface area contributed by atoms with Crippen LogP contribution in [-0.2, 0) is 0 Å². The molecule has 1 saturated heterocycles. The van der Waals surface area contributed by atoms with Gasteiger partial charge in [0.25, 0.3) is 0 Å². The first-order chi connectivity index (χ1) is 9.55. The molecule has 2 aliphatic heterocycles. The summed E-state index contributed by atoms with van der Waals surface area (Å²) in [6, 6.07) is 6.13. The summed E-state index contributed by atoms with van der Waals surface area (Å²) in [5, 5.41) is 17.3. The lowest BCUT2D eigenvalue weighted by Crippen LogP contribution is -2.40. The summed E-state index contributed by atoms with van der Waals surface area (Å²) < 4.78 is 5.94. The van der Waals surface area contributed by atoms with E-state index >= 15 is 0 Å². The average molecular weight is 276 g/mol. The van der Waals surface area contributed by atoms with E-state index in [1.165, 1.54) is 12.8 Å². The molecule has 0 saturated carbocycles. The molecule has 0 aliphatic carbocycles. The van der Waals surface area contributed by atoms with Gasteiger partial charge < -0.3 is 20.5 Å². The third-order valence-electron chi connectivity index (χ3n) is 4.17. The lowest BCUT2D eigenvalue weighted by molar-refractivity contribution is 0.110. The third-order valence-corrected chi connectivity index (χ3v) is 4.17. The number of aliphatic hydroxyl groups is 1. The summed E-state index contributed by atoms with van der Waals surface area (Å²) >= 11 is 0. The van der Waals surface area contributed by atoms with E-state index in [0.29, 0.717) is 0 Å². The summed E-state index contributed by atoms with van der Waals surface area (Å²) in [4.78, 5) is 0. The Labute approximate surface area is 120 Å². The highest BCUT2D eigenvalue weighted by atomic mass is 16.5. The van der Waals surface area contributed by atoms with E-state index < -0.39 is 6.10 Å². The van der Waals surface area contributed by atoms with E-state index in [9.17, 15) is 5.11 Å². The van der Waals surface area contributed by atoms with Gasteiger partial charge in [-0.1, -0.05) is 12.5 Å². The average Bonchev–Trinajstić information content (AvgIpc) is 2.46. The zero-order valence-electron chi connectivity index (χ0n) is 12.3. The minimum absolute atomic E-state index is 0.169. The first-order valence-electron chi connectivity index (χ1n) is 7.53. The lowest BCUT2D eigenvalue weighted by Gasteiger charge is -2.34. The molecule has 2 atom stereocenters. The van der Waals surface area contributed by atoms with Crippen molar-refractivity contribution in [1.82, 2.24) is 5.32 Å². The molecule has 0 radical (unpaired) electrons. The maximum absolute atomic E-state index is 10.5. The number of ether oxygens (including phenoxy) is 1. The molecule has 3 N–H and O–H groups in total. The van der Waals surface area contributed by atoms with Crippen LogP contribution < -0.4 is 15.4 Å². The van der Waals surface area contributed by atoms with E-state index in [1.54, 1.807) is 0 Å². The van der Waals surface area contributed by atoms with Gasteiger partial charge in [-0.2, -0.15) is 0 Å². The molecule has 2 aliphatic rings. The van der Waals surface area contributed by atoms with Crippen molar-refractivity contribution in [3.63, 3.8) is 0 Å². The minimum atomic E-state index is -0.447. The van der Waals surface area contributed by atoms with Crippen molar-refractivity contribution in [2.24, 2.45) is 0 Å². The van der Waals surface area contributed by atoms with Crippen LogP contribution in [0, 0.1) is 0 Å². The van der Waals surface area contributed by atoms with Crippen LogP contribution in [0.3, 0.4) is 0 Å². The summed E-state index contributed by atoms with van der Waals surface area (Å²) in [6.07, 6.45) is 2.99. The summed E-state index contributed by atoms with van der Waals surface area (Å²) in [5.41, 5.74) is 1.76. The van der Waals surface area contributed by atoms with Gasteiger partial charge in [-0.15, -0.1) is 0 Å². The number of anilines is 1. The molecule has 2 unspecified atom stereocenters. The van der Waals surface area contributed by atoms with Gasteiger partial charge in [0.15, 0.2) is 0 Å². The SMILES string of the molecule is CC1(C)CNc2cc(C(O)C3CCCCN3)ccc2O1. The van der Waals surface area contributed by atoms with Gasteiger partial charge in [0.05, 0.1) is 18.3 Å². The summed E-state index contributed by atoms with van der Waals surface area (Å²) in [7, 11) is 0. The second-order valence-corrected chi connectivity index (χ2v) is 6.47. The number of nitrogens with one attached hydrogen (secondary N) is 2. The number of rotatable bonds is 2. The van der Waals surface area contributed by atoms with E-state index in [4.69, 9.17) is 4.74 Å². The zero-order chi connectivity index (χ0) is 14.2. The van der Waals surface area contributed by atoms with Crippen LogP contribution in [0.2, 0.25) is 0 Å². The fourth-order valence-corrected chi connectivity index (χ4v) is 2.98. The number of benzene rings is 1. The molecular formula is C16H24N2O2. The Morgan fingerprint density at radius 2 is 2.20 bits per heavy atom. The molecule has 1 fully saturated rings. The van der Waals surface area contributed by atoms with Gasteiger partial charge in [-0.3, -0.25) is 0 Å². The third kappa shape index (κ3) is 2.76. The Morgan fingerprint density at radius 1 is 1.35 bits per heavy atom. The highest BCUT2D eigenvalue weighted by Gasteiger charge is 2.28. The Bertz CT molecular complexity index is 481. The first-order valence-corrected chi connectivity index (χ1v) is 7.53. The zero-order valence-corrected chi connectivity index (χ0v) is 12.3. The summed E-state index contributed by atoms with van der Waals surface area (Å²) in [6.45, 7) is 5.92. The molecule has 0 spiro atoms. The Morgan fingerprint density at radius 3 is 2.95 bits per heavy atom. The van der Waals surface area contributed by atoms with Gasteiger partial charge in [0, 0.05) is 6.04 Å². The van der Waals surface area contributed by atoms with Gasteiger partial charge in [-0.25, -0.2) is 0 Å². The number of hydrogen-bond donors (Lipinski definition) is 3. The highest BCUT2D eigenvalue weighted by molar-refractivity contribution is 5.60. The summed E-state index contributed by atoms with van der Waals surface area (Å²) in [5.74, 6) is 0.869. The van der Waals surface area contributed by atoms with Crippen molar-refractivity contribution >= 4 is 5.69 Å². The molecule has 110 valence electrons. The number of aliphatic hydroxyl groups excluding tert-OH is 1. The first kappa shape index (κ1) is 13.7. The predicted octanol–water partition coefficient (Wildman–Crippen LogP) is 2.45. The van der Waals surface area contributed by atoms with Crippen LogP contribution in [0.5, 0.6) is 5.75 Å². The van der Waals surface area contributed by atoms with Crippen LogP contribution in [0.25, 0.3) is 0 Å². The standard InChI is InChI=1S/C16H24N2O2/c1-16(2)10-18-13-9-11(6-7-14(13)20-16)15(19)12-5-3-4-8-17-12/h6-7,9,12,15,17-19H,3-5,8,10H2,1-2H3. The number of piperidine rings is 1. The van der Waals surface area contributed by atoms with E-state index in [1.807, 2.05) is 18.2 Å². The van der Waals surface area contributed by atoms with Crippen molar-refractivity contribution in [2.75, 3.05) is 18.4 Å². The molecule has 20 heavy (non-hydrogen) atoms. The highest BCUT2D eigenvalue weighted by Crippen LogP contribution is 2.35. The fourth-order valence-electron chi connectivity index (χ4n) is 2.98. The predicted molar refractivity (Wildman–Crippen MR) is 80.2 cm³/mol. The van der Waals surface area contributed by atoms with Crippen LogP contribution in [0.15, 0.2) is 18.2 Å². The molecular weight excluding hydrogens is 252 g/mol. The number of hydrogen-bond acceptors (Lipinski definition) is 4. The normalized spacial score (nSPS) is 26.1. The largest absolute Gasteiger partial charge is 0.484 e. The Balaban J connectivity index is 1.78. The maximum Gasteiger partial charge on any atom is 0.143 e. The lowest BCUT2D eigenvalue weighted by atomic mass is 9.94. The van der Waals surface area contributed by atoms with Crippen molar-refractivity contribution in [1.29, 1.82) is 0 Å². The molecule has 3 rings (SSSR count). The van der Waals surface area contributed by atoms with Gasteiger partial charge in [-0.05, 0) is 50.9 Å². The molecule has 0 bridgehead atoms. The van der Waals surface area contributed by atoms with E-state index in [0.717, 1.165) is 36.5 Å². The van der Waals surface area contributed by atoms with E-state index in [-0.39, 0.29) is 11.6 Å². The molecule has 2 heterocycles. The quantitative estimate of drug-likeness (QED) is 0.776. The van der Waals surface area contributed by atoms with Crippen molar-refractivity contribution in [2.45, 2.75) is 50.9 Å². The van der Waals surface area contributed by atoms with E-state index in [2.05, 4.69) is 24.5 Å². The van der Waals surface area contributed by atoms with Crippen LogP contribution in [-0.4, -0.2) is 29.8 Å². The van der Waals surface area contributed by atoms with Crippen LogP contribution >= 0.6 is 0 Å². The number of fused-ring (bicyclic) bond motifs is 1. The molecule has 0 amide bonds. The second-order valence-electron chi connectivity index (χ2n) is 6.47. The smallest absolute Gasteiger partial charge is 0.143 e. The van der Waals surface area contributed by atoms with Gasteiger partial charge >= 0.3 is 0 Å². The molecule has 4 nitrogen and oxygen atoms in total. The van der Waals surface area contributed by atoms with Crippen molar-refractivity contribution < 1.29 is 9.84 Å². The molecule has 0 aromatic heterocycles. The fraction of sp³-hybridized carbons (Fsp3) is 0.625.